The van der Waals surface area contributed by atoms with Gasteiger partial charge in [0.25, 0.3) is 11.8 Å². The Morgan fingerprint density at radius 3 is 2.68 bits per heavy atom. The highest BCUT2D eigenvalue weighted by molar-refractivity contribution is 9.10. The molecule has 3 N–H and O–H groups in total. The zero-order valence-corrected chi connectivity index (χ0v) is 16.2. The van der Waals surface area contributed by atoms with Crippen LogP contribution in [0.25, 0.3) is 0 Å². The lowest BCUT2D eigenvalue weighted by Crippen LogP contribution is -2.27. The molecule has 9 heteroatoms. The lowest BCUT2D eigenvalue weighted by Gasteiger charge is -2.09. The van der Waals surface area contributed by atoms with Gasteiger partial charge in [-0.3, -0.25) is 14.7 Å². The van der Waals surface area contributed by atoms with Crippen molar-refractivity contribution in [2.24, 2.45) is 0 Å². The summed E-state index contributed by atoms with van der Waals surface area (Å²) in [5, 5.41) is 12.4. The summed E-state index contributed by atoms with van der Waals surface area (Å²) in [6.45, 7) is 1.42. The molecule has 2 rings (SSSR count). The third-order valence-electron chi connectivity index (χ3n) is 3.35. The van der Waals surface area contributed by atoms with Gasteiger partial charge in [-0.05, 0) is 55.1 Å². The van der Waals surface area contributed by atoms with Gasteiger partial charge in [-0.1, -0.05) is 23.7 Å². The van der Waals surface area contributed by atoms with E-state index in [1.165, 1.54) is 0 Å². The number of hydrogen-bond donors (Lipinski definition) is 3. The molecule has 25 heavy (non-hydrogen) atoms. The van der Waals surface area contributed by atoms with Crippen LogP contribution < -0.4 is 10.6 Å². The van der Waals surface area contributed by atoms with Crippen molar-refractivity contribution in [2.75, 3.05) is 32.5 Å². The van der Waals surface area contributed by atoms with Gasteiger partial charge in [0.1, 0.15) is 5.82 Å². The third kappa shape index (κ3) is 5.29. The molecular weight excluding hydrogens is 410 g/mol. The van der Waals surface area contributed by atoms with Crippen molar-refractivity contribution in [3.8, 4) is 0 Å². The number of rotatable bonds is 7. The molecule has 1 heterocycles. The van der Waals surface area contributed by atoms with Crippen LogP contribution in [0.4, 0.5) is 5.82 Å². The first-order valence-corrected chi connectivity index (χ1v) is 8.80. The standard InChI is InChI=1S/C16H19BrClN5O2/c1-23(2)9-5-8-19-16(25)13-12(17)14(22-21-13)20-15(24)10-6-3-4-7-11(10)18/h3-4,6-7H,5,8-9H2,1-2H3,(H,19,25)(H2,20,21,22,24). The highest BCUT2D eigenvalue weighted by Gasteiger charge is 2.20. The van der Waals surface area contributed by atoms with Crippen molar-refractivity contribution >= 4 is 45.2 Å². The van der Waals surface area contributed by atoms with Gasteiger partial charge in [0, 0.05) is 6.54 Å². The molecule has 0 saturated heterocycles. The van der Waals surface area contributed by atoms with E-state index in [1.807, 2.05) is 19.0 Å². The zero-order chi connectivity index (χ0) is 18.4. The number of hydrogen-bond acceptors (Lipinski definition) is 4. The Labute approximate surface area is 159 Å². The van der Waals surface area contributed by atoms with Gasteiger partial charge in [0.2, 0.25) is 0 Å². The first-order chi connectivity index (χ1) is 11.9. The number of halogens is 2. The monoisotopic (exact) mass is 427 g/mol. The molecule has 0 spiro atoms. The number of carbonyl (C=O) groups excluding carboxylic acids is 2. The second-order valence-electron chi connectivity index (χ2n) is 5.61. The van der Waals surface area contributed by atoms with Gasteiger partial charge >= 0.3 is 0 Å². The zero-order valence-electron chi connectivity index (χ0n) is 13.9. The minimum atomic E-state index is -0.395. The molecule has 1 aromatic carbocycles. The summed E-state index contributed by atoms with van der Waals surface area (Å²) in [5.74, 6) is -0.420. The van der Waals surface area contributed by atoms with Crippen molar-refractivity contribution in [1.82, 2.24) is 20.4 Å². The molecular formula is C16H19BrClN5O2. The molecule has 0 aliphatic heterocycles. The van der Waals surface area contributed by atoms with Crippen LogP contribution in [-0.4, -0.2) is 54.1 Å². The van der Waals surface area contributed by atoms with Crippen LogP contribution in [0.3, 0.4) is 0 Å². The van der Waals surface area contributed by atoms with E-state index in [9.17, 15) is 9.59 Å². The Kier molecular flexibility index (Phi) is 6.98. The number of amides is 2. The molecule has 7 nitrogen and oxygen atoms in total. The molecule has 0 bridgehead atoms. The summed E-state index contributed by atoms with van der Waals surface area (Å²) in [6, 6.07) is 6.70. The van der Waals surface area contributed by atoms with Crippen LogP contribution in [0.15, 0.2) is 28.7 Å². The number of nitrogens with one attached hydrogen (secondary N) is 3. The number of aromatic amines is 1. The van der Waals surface area contributed by atoms with Gasteiger partial charge < -0.3 is 15.5 Å². The molecule has 0 saturated carbocycles. The van der Waals surface area contributed by atoms with E-state index >= 15 is 0 Å². The van der Waals surface area contributed by atoms with E-state index in [2.05, 4.69) is 36.8 Å². The Bertz CT molecular complexity index is 763. The number of nitrogens with zero attached hydrogens (tertiary/aromatic N) is 2. The second kappa shape index (κ2) is 8.98. The molecule has 2 amide bonds. The molecule has 0 aliphatic carbocycles. The van der Waals surface area contributed by atoms with E-state index < -0.39 is 5.91 Å². The highest BCUT2D eigenvalue weighted by Crippen LogP contribution is 2.25. The van der Waals surface area contributed by atoms with E-state index in [-0.39, 0.29) is 11.6 Å². The maximum atomic E-state index is 12.3. The van der Waals surface area contributed by atoms with Crippen LogP contribution in [0, 0.1) is 0 Å². The van der Waals surface area contributed by atoms with Gasteiger partial charge in [-0.15, -0.1) is 0 Å². The fourth-order valence-corrected chi connectivity index (χ4v) is 2.75. The molecule has 0 unspecified atom stereocenters. The first-order valence-electron chi connectivity index (χ1n) is 7.62. The van der Waals surface area contributed by atoms with E-state index in [0.29, 0.717) is 27.4 Å². The van der Waals surface area contributed by atoms with Gasteiger partial charge in [-0.2, -0.15) is 5.10 Å². The quantitative estimate of drug-likeness (QED) is 0.592. The largest absolute Gasteiger partial charge is 0.351 e. The van der Waals surface area contributed by atoms with Crippen LogP contribution >= 0.6 is 27.5 Å². The van der Waals surface area contributed by atoms with E-state index in [4.69, 9.17) is 11.6 Å². The average Bonchev–Trinajstić information content (AvgIpc) is 2.92. The lowest BCUT2D eigenvalue weighted by molar-refractivity contribution is 0.0945. The van der Waals surface area contributed by atoms with Gasteiger partial charge in [-0.25, -0.2) is 0 Å². The molecule has 2 aromatic rings. The molecule has 0 fully saturated rings. The molecule has 134 valence electrons. The lowest BCUT2D eigenvalue weighted by atomic mass is 10.2. The Hall–Kier alpha value is -1.90. The van der Waals surface area contributed by atoms with Crippen LogP contribution in [0.2, 0.25) is 5.02 Å². The number of aromatic nitrogens is 2. The molecule has 0 aliphatic rings. The number of carbonyl (C=O) groups is 2. The third-order valence-corrected chi connectivity index (χ3v) is 4.45. The summed E-state index contributed by atoms with van der Waals surface area (Å²) in [7, 11) is 3.94. The van der Waals surface area contributed by atoms with Crippen molar-refractivity contribution in [2.45, 2.75) is 6.42 Å². The molecule has 1 aromatic heterocycles. The van der Waals surface area contributed by atoms with Crippen molar-refractivity contribution in [3.63, 3.8) is 0 Å². The maximum absolute atomic E-state index is 12.3. The minimum absolute atomic E-state index is 0.180. The maximum Gasteiger partial charge on any atom is 0.273 e. The molecule has 0 radical (unpaired) electrons. The predicted molar refractivity (Wildman–Crippen MR) is 101 cm³/mol. The first kappa shape index (κ1) is 19.4. The predicted octanol–water partition coefficient (Wildman–Crippen LogP) is 2.76. The summed E-state index contributed by atoms with van der Waals surface area (Å²) in [6.07, 6.45) is 0.830. The smallest absolute Gasteiger partial charge is 0.273 e. The van der Waals surface area contributed by atoms with Crippen LogP contribution in [-0.2, 0) is 0 Å². The second-order valence-corrected chi connectivity index (χ2v) is 6.81. The Morgan fingerprint density at radius 2 is 2.00 bits per heavy atom. The number of H-pyrrole nitrogens is 1. The van der Waals surface area contributed by atoms with Crippen LogP contribution in [0.1, 0.15) is 27.3 Å². The number of benzene rings is 1. The van der Waals surface area contributed by atoms with Crippen LogP contribution in [0.5, 0.6) is 0 Å². The van der Waals surface area contributed by atoms with Gasteiger partial charge in [0.05, 0.1) is 15.1 Å². The van der Waals surface area contributed by atoms with Gasteiger partial charge in [0.15, 0.2) is 5.69 Å². The van der Waals surface area contributed by atoms with E-state index in [0.717, 1.165) is 13.0 Å². The Balaban J connectivity index is 1.99. The summed E-state index contributed by atoms with van der Waals surface area (Å²) < 4.78 is 0.387. The summed E-state index contributed by atoms with van der Waals surface area (Å²) in [4.78, 5) is 26.5. The fourth-order valence-electron chi connectivity index (χ4n) is 2.07. The molecule has 0 atom stereocenters. The highest BCUT2D eigenvalue weighted by atomic mass is 79.9. The fraction of sp³-hybridized carbons (Fsp3) is 0.312. The normalized spacial score (nSPS) is 10.8. The topological polar surface area (TPSA) is 90.1 Å². The SMILES string of the molecule is CN(C)CCCNC(=O)c1n[nH]c(NC(=O)c2ccccc2Cl)c1Br. The van der Waals surface area contributed by atoms with E-state index in [1.54, 1.807) is 24.3 Å². The van der Waals surface area contributed by atoms with Crippen molar-refractivity contribution in [3.05, 3.63) is 45.0 Å². The minimum Gasteiger partial charge on any atom is -0.351 e. The van der Waals surface area contributed by atoms with Crippen molar-refractivity contribution < 1.29 is 9.59 Å². The average molecular weight is 429 g/mol. The number of anilines is 1. The van der Waals surface area contributed by atoms with Crippen molar-refractivity contribution in [1.29, 1.82) is 0 Å². The summed E-state index contributed by atoms with van der Waals surface area (Å²) >= 11 is 9.30. The summed E-state index contributed by atoms with van der Waals surface area (Å²) in [5.41, 5.74) is 0.514. The Morgan fingerprint density at radius 1 is 1.28 bits per heavy atom.